The van der Waals surface area contributed by atoms with Crippen molar-refractivity contribution in [2.24, 2.45) is 0 Å². The number of aromatic nitrogens is 1. The summed E-state index contributed by atoms with van der Waals surface area (Å²) in [5.41, 5.74) is -0.238. The summed E-state index contributed by atoms with van der Waals surface area (Å²) in [5, 5.41) is 19.3. The number of pyridine rings is 1. The van der Waals surface area contributed by atoms with E-state index in [1.54, 1.807) is 0 Å². The number of anilines is 1. The molecule has 0 bridgehead atoms. The molecule has 0 spiro atoms. The van der Waals surface area contributed by atoms with Crippen LogP contribution in [-0.4, -0.2) is 34.6 Å². The summed E-state index contributed by atoms with van der Waals surface area (Å²) in [6, 6.07) is 1.28. The number of carbonyl (C=O) groups is 1. The summed E-state index contributed by atoms with van der Waals surface area (Å²) in [6.45, 7) is -0.352. The summed E-state index contributed by atoms with van der Waals surface area (Å²) in [7, 11) is 1.43. The Balaban J connectivity index is 3.12. The number of likely N-dealkylation sites (N-methyl/N-ethyl adjacent to an activating group) is 1. The van der Waals surface area contributed by atoms with Gasteiger partial charge in [0.25, 0.3) is 0 Å². The first-order valence-corrected chi connectivity index (χ1v) is 4.94. The average molecular weight is 290 g/mol. The van der Waals surface area contributed by atoms with Gasteiger partial charge in [0.1, 0.15) is 6.54 Å². The van der Waals surface area contributed by atoms with Crippen molar-refractivity contribution in [1.82, 2.24) is 4.98 Å². The molecule has 0 saturated carbocycles. The van der Waals surface area contributed by atoms with Gasteiger partial charge in [0, 0.05) is 23.8 Å². The van der Waals surface area contributed by atoms with Gasteiger partial charge in [0.15, 0.2) is 0 Å². The number of hydrogen-bond donors (Lipinski definition) is 1. The smallest absolute Gasteiger partial charge is 0.323 e. The van der Waals surface area contributed by atoms with Crippen LogP contribution in [0.4, 0.5) is 11.5 Å². The van der Waals surface area contributed by atoms with E-state index in [4.69, 9.17) is 5.11 Å². The summed E-state index contributed by atoms with van der Waals surface area (Å²) >= 11 is 3.06. The average Bonchev–Trinajstić information content (AvgIpc) is 2.16. The third-order valence-corrected chi connectivity index (χ3v) is 2.18. The molecule has 1 N–H and O–H groups in total. The maximum atomic E-state index is 10.7. The predicted molar refractivity (Wildman–Crippen MR) is 59.5 cm³/mol. The zero-order chi connectivity index (χ0) is 12.3. The first-order valence-electron chi connectivity index (χ1n) is 4.14. The molecule has 0 amide bonds. The van der Waals surface area contributed by atoms with Gasteiger partial charge in [-0.05, 0) is 15.9 Å². The monoisotopic (exact) mass is 289 g/mol. The maximum Gasteiger partial charge on any atom is 0.323 e. The largest absolute Gasteiger partial charge is 0.480 e. The summed E-state index contributed by atoms with van der Waals surface area (Å²) in [4.78, 5) is 25.6. The Labute approximate surface area is 99.0 Å². The van der Waals surface area contributed by atoms with Gasteiger partial charge in [-0.15, -0.1) is 0 Å². The van der Waals surface area contributed by atoms with E-state index < -0.39 is 10.9 Å². The molecule has 0 radical (unpaired) electrons. The Morgan fingerprint density at radius 1 is 1.75 bits per heavy atom. The topological polar surface area (TPSA) is 96.6 Å². The summed E-state index contributed by atoms with van der Waals surface area (Å²) in [5.74, 6) is -1.06. The van der Waals surface area contributed by atoms with Gasteiger partial charge in [0.2, 0.25) is 5.82 Å². The SMILES string of the molecule is CN(CC(=O)O)c1ncc(Br)cc1[N+](=O)[O-]. The third kappa shape index (κ3) is 2.89. The van der Waals surface area contributed by atoms with Gasteiger partial charge in [-0.3, -0.25) is 14.9 Å². The molecule has 0 atom stereocenters. The Bertz CT molecular complexity index is 437. The fraction of sp³-hybridized carbons (Fsp3) is 0.250. The van der Waals surface area contributed by atoms with Crippen LogP contribution in [0.15, 0.2) is 16.7 Å². The number of rotatable bonds is 4. The van der Waals surface area contributed by atoms with Gasteiger partial charge in [-0.25, -0.2) is 4.98 Å². The molecule has 16 heavy (non-hydrogen) atoms. The quantitative estimate of drug-likeness (QED) is 0.662. The molecular weight excluding hydrogens is 282 g/mol. The van der Waals surface area contributed by atoms with Gasteiger partial charge < -0.3 is 10.0 Å². The molecule has 1 aromatic heterocycles. The van der Waals surface area contributed by atoms with Crippen LogP contribution in [0.1, 0.15) is 0 Å². The van der Waals surface area contributed by atoms with Crippen molar-refractivity contribution in [2.75, 3.05) is 18.5 Å². The lowest BCUT2D eigenvalue weighted by Crippen LogP contribution is -2.26. The van der Waals surface area contributed by atoms with Crippen LogP contribution in [0.25, 0.3) is 0 Å². The Kier molecular flexibility index (Phi) is 3.78. The van der Waals surface area contributed by atoms with Gasteiger partial charge >= 0.3 is 11.7 Å². The molecule has 0 unspecified atom stereocenters. The molecule has 7 nitrogen and oxygen atoms in total. The Morgan fingerprint density at radius 3 is 2.88 bits per heavy atom. The van der Waals surface area contributed by atoms with E-state index in [9.17, 15) is 14.9 Å². The zero-order valence-corrected chi connectivity index (χ0v) is 9.84. The number of nitrogens with zero attached hydrogens (tertiary/aromatic N) is 3. The second kappa shape index (κ2) is 4.88. The van der Waals surface area contributed by atoms with E-state index >= 15 is 0 Å². The van der Waals surface area contributed by atoms with Crippen LogP contribution >= 0.6 is 15.9 Å². The van der Waals surface area contributed by atoms with E-state index in [1.165, 1.54) is 24.2 Å². The first-order chi connectivity index (χ1) is 7.41. The molecule has 0 aliphatic carbocycles. The van der Waals surface area contributed by atoms with Gasteiger partial charge in [-0.2, -0.15) is 0 Å². The molecule has 0 saturated heterocycles. The number of carboxylic acid groups (broad SMARTS) is 1. The highest BCUT2D eigenvalue weighted by molar-refractivity contribution is 9.10. The Hall–Kier alpha value is -1.70. The molecule has 0 aromatic carbocycles. The third-order valence-electron chi connectivity index (χ3n) is 1.74. The number of nitro groups is 1. The lowest BCUT2D eigenvalue weighted by Gasteiger charge is -2.14. The second-order valence-electron chi connectivity index (χ2n) is 3.00. The van der Waals surface area contributed by atoms with Crippen LogP contribution in [0.3, 0.4) is 0 Å². The van der Waals surface area contributed by atoms with Crippen molar-refractivity contribution >= 4 is 33.4 Å². The van der Waals surface area contributed by atoms with Gasteiger partial charge in [-0.1, -0.05) is 0 Å². The fourth-order valence-electron chi connectivity index (χ4n) is 1.13. The minimum Gasteiger partial charge on any atom is -0.480 e. The fourth-order valence-corrected chi connectivity index (χ4v) is 1.45. The molecule has 1 aromatic rings. The minimum absolute atomic E-state index is 0.0237. The van der Waals surface area contributed by atoms with Crippen molar-refractivity contribution in [1.29, 1.82) is 0 Å². The lowest BCUT2D eigenvalue weighted by atomic mass is 10.3. The summed E-state index contributed by atoms with van der Waals surface area (Å²) < 4.78 is 0.465. The molecule has 1 heterocycles. The number of carboxylic acids is 1. The molecule has 1 rings (SSSR count). The van der Waals surface area contributed by atoms with E-state index in [2.05, 4.69) is 20.9 Å². The molecule has 0 aliphatic rings. The normalized spacial score (nSPS) is 9.88. The van der Waals surface area contributed by atoms with Crippen molar-refractivity contribution in [3.63, 3.8) is 0 Å². The molecule has 0 aliphatic heterocycles. The highest BCUT2D eigenvalue weighted by Crippen LogP contribution is 2.27. The van der Waals surface area contributed by atoms with Crippen LogP contribution < -0.4 is 4.90 Å². The maximum absolute atomic E-state index is 10.7. The highest BCUT2D eigenvalue weighted by atomic mass is 79.9. The minimum atomic E-state index is -1.08. The summed E-state index contributed by atoms with van der Waals surface area (Å²) in [6.07, 6.45) is 1.38. The zero-order valence-electron chi connectivity index (χ0n) is 8.25. The molecule has 8 heteroatoms. The van der Waals surface area contributed by atoms with Crippen molar-refractivity contribution < 1.29 is 14.8 Å². The van der Waals surface area contributed by atoms with E-state index in [0.29, 0.717) is 4.47 Å². The van der Waals surface area contributed by atoms with E-state index in [1.807, 2.05) is 0 Å². The lowest BCUT2D eigenvalue weighted by molar-refractivity contribution is -0.384. The van der Waals surface area contributed by atoms with Crippen LogP contribution in [0.2, 0.25) is 0 Å². The van der Waals surface area contributed by atoms with Crippen molar-refractivity contribution in [2.45, 2.75) is 0 Å². The highest BCUT2D eigenvalue weighted by Gasteiger charge is 2.20. The van der Waals surface area contributed by atoms with E-state index in [0.717, 1.165) is 0 Å². The first kappa shape index (κ1) is 12.4. The predicted octanol–water partition coefficient (Wildman–Crippen LogP) is 1.27. The van der Waals surface area contributed by atoms with Crippen LogP contribution in [0.5, 0.6) is 0 Å². The number of halogens is 1. The number of hydrogen-bond acceptors (Lipinski definition) is 5. The Morgan fingerprint density at radius 2 is 2.38 bits per heavy atom. The number of aliphatic carboxylic acids is 1. The van der Waals surface area contributed by atoms with Crippen molar-refractivity contribution in [3.05, 3.63) is 26.9 Å². The van der Waals surface area contributed by atoms with Gasteiger partial charge in [0.05, 0.1) is 4.92 Å². The van der Waals surface area contributed by atoms with Crippen LogP contribution in [-0.2, 0) is 4.79 Å². The second-order valence-corrected chi connectivity index (χ2v) is 3.92. The molecular formula is C8H8BrN3O4. The molecule has 0 fully saturated rings. The standard InChI is InChI=1S/C8H8BrN3O4/c1-11(4-7(13)14)8-6(12(15)16)2-5(9)3-10-8/h2-3H,4H2,1H3,(H,13,14). The van der Waals surface area contributed by atoms with E-state index in [-0.39, 0.29) is 18.1 Å². The van der Waals surface area contributed by atoms with Crippen LogP contribution in [0, 0.1) is 10.1 Å². The van der Waals surface area contributed by atoms with Crippen molar-refractivity contribution in [3.8, 4) is 0 Å². The molecule has 86 valence electrons.